The van der Waals surface area contributed by atoms with Gasteiger partial charge >= 0.3 is 0 Å². The van der Waals surface area contributed by atoms with E-state index in [2.05, 4.69) is 15.5 Å². The molecule has 0 bridgehead atoms. The Kier molecular flexibility index (Phi) is 4.43. The fourth-order valence-corrected chi connectivity index (χ4v) is 3.07. The van der Waals surface area contributed by atoms with E-state index < -0.39 is 6.04 Å². The van der Waals surface area contributed by atoms with Crippen LogP contribution >= 0.6 is 0 Å². The number of hydrogen-bond donors (Lipinski definition) is 1. The predicted molar refractivity (Wildman–Crippen MR) is 93.5 cm³/mol. The van der Waals surface area contributed by atoms with E-state index >= 15 is 0 Å². The monoisotopic (exact) mass is 369 g/mol. The number of nitrogens with one attached hydrogen (secondary N) is 1. The molecule has 1 aromatic heterocycles. The molecule has 3 atom stereocenters. The Labute approximate surface area is 154 Å². The lowest BCUT2D eigenvalue weighted by atomic mass is 10.1. The summed E-state index contributed by atoms with van der Waals surface area (Å²) in [6, 6.07) is 11.5. The quantitative estimate of drug-likeness (QED) is 0.738. The second kappa shape index (κ2) is 6.90. The van der Waals surface area contributed by atoms with Crippen LogP contribution in [0.4, 0.5) is 8.78 Å². The number of rotatable bonds is 5. The highest BCUT2D eigenvalue weighted by Crippen LogP contribution is 2.47. The van der Waals surface area contributed by atoms with Gasteiger partial charge in [-0.1, -0.05) is 17.3 Å². The smallest absolute Gasteiger partial charge is 0.249 e. The van der Waals surface area contributed by atoms with Gasteiger partial charge in [0.1, 0.15) is 17.7 Å². The minimum atomic E-state index is -0.450. The predicted octanol–water partition coefficient (Wildman–Crippen LogP) is 4.00. The second-order valence-electron chi connectivity index (χ2n) is 6.69. The summed E-state index contributed by atoms with van der Waals surface area (Å²) < 4.78 is 31.2. The van der Waals surface area contributed by atoms with Crippen LogP contribution < -0.4 is 5.32 Å². The van der Waals surface area contributed by atoms with Crippen molar-refractivity contribution in [2.45, 2.75) is 25.3 Å². The maximum Gasteiger partial charge on any atom is 0.249 e. The molecule has 5 nitrogen and oxygen atoms in total. The molecule has 1 heterocycles. The summed E-state index contributed by atoms with van der Waals surface area (Å²) >= 11 is 0. The van der Waals surface area contributed by atoms with Crippen LogP contribution in [0, 0.1) is 17.6 Å². The average Bonchev–Trinajstić information content (AvgIpc) is 3.31. The lowest BCUT2D eigenvalue weighted by Gasteiger charge is -2.09. The van der Waals surface area contributed by atoms with Gasteiger partial charge in [0, 0.05) is 11.5 Å². The molecular formula is C20H17F2N3O2. The summed E-state index contributed by atoms with van der Waals surface area (Å²) in [4.78, 5) is 16.7. The van der Waals surface area contributed by atoms with Gasteiger partial charge in [-0.15, -0.1) is 0 Å². The summed E-state index contributed by atoms with van der Waals surface area (Å²) in [7, 11) is 0. The standard InChI is InChI=1S/C20H17F2N3O2/c1-11(20-24-18(25-27-20)13-4-8-15(22)9-5-13)23-19(26)17-10-16(17)12-2-6-14(21)7-3-12/h2-9,11,16-17H,10H2,1H3,(H,23,26). The van der Waals surface area contributed by atoms with Crippen LogP contribution in [0.5, 0.6) is 0 Å². The third-order valence-corrected chi connectivity index (χ3v) is 4.70. The van der Waals surface area contributed by atoms with E-state index in [9.17, 15) is 13.6 Å². The van der Waals surface area contributed by atoms with Crippen LogP contribution in [0.2, 0.25) is 0 Å². The van der Waals surface area contributed by atoms with Gasteiger partial charge in [-0.25, -0.2) is 8.78 Å². The summed E-state index contributed by atoms with van der Waals surface area (Å²) in [5.74, 6) is -0.153. The molecule has 27 heavy (non-hydrogen) atoms. The SMILES string of the molecule is CC(NC(=O)C1CC1c1ccc(F)cc1)c1nc(-c2ccc(F)cc2)no1. The minimum Gasteiger partial charge on any atom is -0.344 e. The van der Waals surface area contributed by atoms with Gasteiger partial charge in [-0.2, -0.15) is 4.98 Å². The highest BCUT2D eigenvalue weighted by molar-refractivity contribution is 5.83. The molecule has 1 N–H and O–H groups in total. The molecule has 138 valence electrons. The number of nitrogens with zero attached hydrogens (tertiary/aromatic N) is 2. The van der Waals surface area contributed by atoms with Crippen molar-refractivity contribution < 1.29 is 18.1 Å². The molecule has 0 aliphatic heterocycles. The number of aromatic nitrogens is 2. The van der Waals surface area contributed by atoms with E-state index in [-0.39, 0.29) is 35.3 Å². The van der Waals surface area contributed by atoms with Crippen LogP contribution in [0.3, 0.4) is 0 Å². The molecule has 1 aliphatic carbocycles. The van der Waals surface area contributed by atoms with E-state index in [1.807, 2.05) is 0 Å². The van der Waals surface area contributed by atoms with Crippen molar-refractivity contribution in [3.05, 3.63) is 71.6 Å². The van der Waals surface area contributed by atoms with Crippen molar-refractivity contribution in [3.63, 3.8) is 0 Å². The molecule has 1 fully saturated rings. The van der Waals surface area contributed by atoms with E-state index in [4.69, 9.17) is 4.52 Å². The van der Waals surface area contributed by atoms with E-state index in [0.717, 1.165) is 12.0 Å². The Morgan fingerprint density at radius 1 is 1.11 bits per heavy atom. The third-order valence-electron chi connectivity index (χ3n) is 4.70. The second-order valence-corrected chi connectivity index (χ2v) is 6.69. The molecule has 2 aromatic carbocycles. The molecule has 7 heteroatoms. The summed E-state index contributed by atoms with van der Waals surface area (Å²) in [6.07, 6.45) is 0.731. The lowest BCUT2D eigenvalue weighted by Crippen LogP contribution is -2.28. The van der Waals surface area contributed by atoms with Gasteiger partial charge in [-0.3, -0.25) is 4.79 Å². The zero-order chi connectivity index (χ0) is 19.0. The first kappa shape index (κ1) is 17.3. The summed E-state index contributed by atoms with van der Waals surface area (Å²) in [5.41, 5.74) is 1.59. The third kappa shape index (κ3) is 3.72. The number of benzene rings is 2. The van der Waals surface area contributed by atoms with Gasteiger partial charge in [0.2, 0.25) is 17.6 Å². The van der Waals surface area contributed by atoms with Crippen LogP contribution in [0.15, 0.2) is 53.1 Å². The molecular weight excluding hydrogens is 352 g/mol. The van der Waals surface area contributed by atoms with Crippen LogP contribution in [-0.4, -0.2) is 16.0 Å². The highest BCUT2D eigenvalue weighted by Gasteiger charge is 2.44. The number of amides is 1. The first-order chi connectivity index (χ1) is 13.0. The Bertz CT molecular complexity index is 954. The molecule has 0 spiro atoms. The van der Waals surface area contributed by atoms with Crippen LogP contribution in [-0.2, 0) is 4.79 Å². The minimum absolute atomic E-state index is 0.0987. The average molecular weight is 369 g/mol. The molecule has 1 saturated carbocycles. The van der Waals surface area contributed by atoms with Gasteiger partial charge in [0.05, 0.1) is 0 Å². The van der Waals surface area contributed by atoms with Crippen molar-refractivity contribution in [1.29, 1.82) is 0 Å². The van der Waals surface area contributed by atoms with E-state index in [1.54, 1.807) is 31.2 Å². The maximum absolute atomic E-state index is 13.0. The van der Waals surface area contributed by atoms with Crippen molar-refractivity contribution in [3.8, 4) is 11.4 Å². The van der Waals surface area contributed by atoms with Crippen molar-refractivity contribution in [2.75, 3.05) is 0 Å². The van der Waals surface area contributed by atoms with E-state index in [1.165, 1.54) is 24.3 Å². The Balaban J connectivity index is 1.38. The molecule has 0 saturated heterocycles. The molecule has 1 aliphatic rings. The first-order valence-electron chi connectivity index (χ1n) is 8.66. The molecule has 3 unspecified atom stereocenters. The van der Waals surface area contributed by atoms with Crippen molar-refractivity contribution >= 4 is 5.91 Å². The van der Waals surface area contributed by atoms with Gasteiger partial charge < -0.3 is 9.84 Å². The van der Waals surface area contributed by atoms with Gasteiger partial charge in [0.25, 0.3) is 0 Å². The Hall–Kier alpha value is -3.09. The molecule has 1 amide bonds. The molecule has 0 radical (unpaired) electrons. The van der Waals surface area contributed by atoms with Crippen molar-refractivity contribution in [2.24, 2.45) is 5.92 Å². The maximum atomic E-state index is 13.0. The topological polar surface area (TPSA) is 68.0 Å². The molecule has 3 aromatic rings. The van der Waals surface area contributed by atoms with Crippen molar-refractivity contribution in [1.82, 2.24) is 15.5 Å². The van der Waals surface area contributed by atoms with Crippen LogP contribution in [0.25, 0.3) is 11.4 Å². The number of halogens is 2. The number of carbonyl (C=O) groups excluding carboxylic acids is 1. The highest BCUT2D eigenvalue weighted by atomic mass is 19.1. The van der Waals surface area contributed by atoms with Gasteiger partial charge in [0.15, 0.2) is 0 Å². The van der Waals surface area contributed by atoms with E-state index in [0.29, 0.717) is 11.4 Å². The molecule has 4 rings (SSSR count). The van der Waals surface area contributed by atoms with Gasteiger partial charge in [-0.05, 0) is 61.2 Å². The summed E-state index contributed by atoms with van der Waals surface area (Å²) in [6.45, 7) is 1.76. The number of carbonyl (C=O) groups is 1. The zero-order valence-corrected chi connectivity index (χ0v) is 14.5. The fourth-order valence-electron chi connectivity index (χ4n) is 3.07. The number of hydrogen-bond acceptors (Lipinski definition) is 4. The first-order valence-corrected chi connectivity index (χ1v) is 8.66. The zero-order valence-electron chi connectivity index (χ0n) is 14.5. The Morgan fingerprint density at radius 2 is 1.74 bits per heavy atom. The lowest BCUT2D eigenvalue weighted by molar-refractivity contribution is -0.123. The fraction of sp³-hybridized carbons (Fsp3) is 0.250. The Morgan fingerprint density at radius 3 is 2.41 bits per heavy atom. The summed E-state index contributed by atoms with van der Waals surface area (Å²) in [5, 5.41) is 6.75. The normalized spacial score (nSPS) is 19.5. The largest absolute Gasteiger partial charge is 0.344 e. The van der Waals surface area contributed by atoms with Crippen LogP contribution in [0.1, 0.15) is 36.8 Å².